The lowest BCUT2D eigenvalue weighted by Gasteiger charge is -2.10. The molecule has 1 aliphatic rings. The van der Waals surface area contributed by atoms with Crippen LogP contribution in [0.5, 0.6) is 0 Å². The second-order valence-corrected chi connectivity index (χ2v) is 4.24. The number of rotatable bonds is 4. The summed E-state index contributed by atoms with van der Waals surface area (Å²) in [5.74, 6) is -0.0133. The summed E-state index contributed by atoms with van der Waals surface area (Å²) in [5.41, 5.74) is 7.71. The predicted molar refractivity (Wildman–Crippen MR) is 65.2 cm³/mol. The lowest BCUT2D eigenvalue weighted by Crippen LogP contribution is -2.33. The summed E-state index contributed by atoms with van der Waals surface area (Å²) in [4.78, 5) is 11.7. The van der Waals surface area contributed by atoms with Crippen molar-refractivity contribution in [3.63, 3.8) is 0 Å². The first-order valence-electron chi connectivity index (χ1n) is 5.97. The molecule has 4 nitrogen and oxygen atoms in total. The number of amides is 1. The van der Waals surface area contributed by atoms with Crippen molar-refractivity contribution in [1.82, 2.24) is 5.32 Å². The Kier molecular flexibility index (Phi) is 4.12. The van der Waals surface area contributed by atoms with Crippen LogP contribution in [0.2, 0.25) is 0 Å². The SMILES string of the molecule is NCc1cccc(CNC(=O)C2CCCO2)c1. The molecular formula is C13H18N2O2. The Balaban J connectivity index is 1.86. The summed E-state index contributed by atoms with van der Waals surface area (Å²) >= 11 is 0. The van der Waals surface area contributed by atoms with Crippen molar-refractivity contribution in [3.05, 3.63) is 35.4 Å². The molecule has 1 aromatic rings. The van der Waals surface area contributed by atoms with Crippen LogP contribution in [0.1, 0.15) is 24.0 Å². The van der Waals surface area contributed by atoms with Crippen molar-refractivity contribution in [2.45, 2.75) is 32.0 Å². The second kappa shape index (κ2) is 5.80. The Labute approximate surface area is 101 Å². The first-order valence-corrected chi connectivity index (χ1v) is 5.97. The van der Waals surface area contributed by atoms with Gasteiger partial charge >= 0.3 is 0 Å². The van der Waals surface area contributed by atoms with Crippen LogP contribution < -0.4 is 11.1 Å². The molecule has 2 rings (SSSR count). The fraction of sp³-hybridized carbons (Fsp3) is 0.462. The Morgan fingerprint density at radius 2 is 2.29 bits per heavy atom. The van der Waals surface area contributed by atoms with Crippen LogP contribution in [0.4, 0.5) is 0 Å². The molecular weight excluding hydrogens is 216 g/mol. The average molecular weight is 234 g/mol. The highest BCUT2D eigenvalue weighted by atomic mass is 16.5. The lowest BCUT2D eigenvalue weighted by atomic mass is 10.1. The molecule has 1 unspecified atom stereocenters. The van der Waals surface area contributed by atoms with Gasteiger partial charge in [0.1, 0.15) is 6.10 Å². The van der Waals surface area contributed by atoms with Crippen LogP contribution in [0.15, 0.2) is 24.3 Å². The fourth-order valence-electron chi connectivity index (χ4n) is 1.95. The van der Waals surface area contributed by atoms with E-state index in [1.807, 2.05) is 24.3 Å². The summed E-state index contributed by atoms with van der Waals surface area (Å²) in [7, 11) is 0. The predicted octanol–water partition coefficient (Wildman–Crippen LogP) is 0.940. The van der Waals surface area contributed by atoms with E-state index in [9.17, 15) is 4.79 Å². The van der Waals surface area contributed by atoms with Gasteiger partial charge in [0.2, 0.25) is 5.91 Å². The van der Waals surface area contributed by atoms with E-state index in [0.29, 0.717) is 19.7 Å². The quantitative estimate of drug-likeness (QED) is 0.815. The van der Waals surface area contributed by atoms with Gasteiger partial charge in [-0.3, -0.25) is 4.79 Å². The number of carbonyl (C=O) groups excluding carboxylic acids is 1. The summed E-state index contributed by atoms with van der Waals surface area (Å²) in [5, 5.41) is 2.89. The van der Waals surface area contributed by atoms with Gasteiger partial charge in [-0.05, 0) is 24.0 Å². The largest absolute Gasteiger partial charge is 0.368 e. The number of ether oxygens (including phenoxy) is 1. The van der Waals surface area contributed by atoms with Gasteiger partial charge in [-0.25, -0.2) is 0 Å². The minimum atomic E-state index is -0.257. The maximum atomic E-state index is 11.7. The topological polar surface area (TPSA) is 64.3 Å². The minimum absolute atomic E-state index is 0.0133. The number of hydrogen-bond donors (Lipinski definition) is 2. The summed E-state index contributed by atoms with van der Waals surface area (Å²) in [6.45, 7) is 1.75. The lowest BCUT2D eigenvalue weighted by molar-refractivity contribution is -0.130. The van der Waals surface area contributed by atoms with Crippen LogP contribution in [0.3, 0.4) is 0 Å². The van der Waals surface area contributed by atoms with Gasteiger partial charge in [-0.2, -0.15) is 0 Å². The summed E-state index contributed by atoms with van der Waals surface area (Å²) in [6, 6.07) is 7.92. The molecule has 4 heteroatoms. The molecule has 0 spiro atoms. The fourth-order valence-corrected chi connectivity index (χ4v) is 1.95. The molecule has 0 aromatic heterocycles. The molecule has 0 radical (unpaired) electrons. The van der Waals surface area contributed by atoms with E-state index in [1.54, 1.807) is 0 Å². The zero-order chi connectivity index (χ0) is 12.1. The third-order valence-electron chi connectivity index (χ3n) is 2.92. The van der Waals surface area contributed by atoms with Crippen molar-refractivity contribution >= 4 is 5.91 Å². The summed E-state index contributed by atoms with van der Waals surface area (Å²) in [6.07, 6.45) is 1.54. The van der Waals surface area contributed by atoms with Crippen LogP contribution in [-0.2, 0) is 22.6 Å². The molecule has 1 saturated heterocycles. The highest BCUT2D eigenvalue weighted by Gasteiger charge is 2.22. The van der Waals surface area contributed by atoms with Gasteiger partial charge in [0.05, 0.1) is 0 Å². The second-order valence-electron chi connectivity index (χ2n) is 4.24. The van der Waals surface area contributed by atoms with E-state index in [2.05, 4.69) is 5.32 Å². The van der Waals surface area contributed by atoms with Gasteiger partial charge in [0.15, 0.2) is 0 Å². The number of hydrogen-bond acceptors (Lipinski definition) is 3. The molecule has 92 valence electrons. The third kappa shape index (κ3) is 3.28. The Bertz CT molecular complexity index is 387. The van der Waals surface area contributed by atoms with Crippen molar-refractivity contribution in [2.75, 3.05) is 6.61 Å². The molecule has 3 N–H and O–H groups in total. The zero-order valence-corrected chi connectivity index (χ0v) is 9.82. The van der Waals surface area contributed by atoms with E-state index in [1.165, 1.54) is 0 Å². The van der Waals surface area contributed by atoms with Gasteiger partial charge in [0, 0.05) is 19.7 Å². The highest BCUT2D eigenvalue weighted by Crippen LogP contribution is 2.12. The highest BCUT2D eigenvalue weighted by molar-refractivity contribution is 5.80. The van der Waals surface area contributed by atoms with Crippen LogP contribution in [0.25, 0.3) is 0 Å². The first kappa shape index (κ1) is 12.1. The first-order chi connectivity index (χ1) is 8.29. The maximum absolute atomic E-state index is 11.7. The van der Waals surface area contributed by atoms with Gasteiger partial charge in [-0.1, -0.05) is 24.3 Å². The maximum Gasteiger partial charge on any atom is 0.249 e. The van der Waals surface area contributed by atoms with E-state index in [4.69, 9.17) is 10.5 Å². The molecule has 1 aromatic carbocycles. The van der Waals surface area contributed by atoms with Gasteiger partial charge < -0.3 is 15.8 Å². The standard InChI is InChI=1S/C13H18N2O2/c14-8-10-3-1-4-11(7-10)9-15-13(16)12-5-2-6-17-12/h1,3-4,7,12H,2,5-6,8-9,14H2,(H,15,16). The van der Waals surface area contributed by atoms with Gasteiger partial charge in [-0.15, -0.1) is 0 Å². The molecule has 1 aliphatic heterocycles. The van der Waals surface area contributed by atoms with Crippen molar-refractivity contribution in [1.29, 1.82) is 0 Å². The minimum Gasteiger partial charge on any atom is -0.368 e. The molecule has 0 aliphatic carbocycles. The van der Waals surface area contributed by atoms with Crippen molar-refractivity contribution in [2.24, 2.45) is 5.73 Å². The molecule has 1 amide bonds. The Morgan fingerprint density at radius 3 is 3.00 bits per heavy atom. The van der Waals surface area contributed by atoms with Crippen LogP contribution >= 0.6 is 0 Å². The van der Waals surface area contributed by atoms with Crippen LogP contribution in [0, 0.1) is 0 Å². The molecule has 1 heterocycles. The number of nitrogens with two attached hydrogens (primary N) is 1. The third-order valence-corrected chi connectivity index (χ3v) is 2.92. The Hall–Kier alpha value is -1.39. The van der Waals surface area contributed by atoms with E-state index < -0.39 is 0 Å². The summed E-state index contributed by atoms with van der Waals surface area (Å²) < 4.78 is 5.32. The van der Waals surface area contributed by atoms with E-state index in [0.717, 1.165) is 24.0 Å². The Morgan fingerprint density at radius 1 is 1.47 bits per heavy atom. The zero-order valence-electron chi connectivity index (χ0n) is 9.82. The monoisotopic (exact) mass is 234 g/mol. The number of nitrogens with one attached hydrogen (secondary N) is 1. The smallest absolute Gasteiger partial charge is 0.249 e. The van der Waals surface area contributed by atoms with Crippen LogP contribution in [-0.4, -0.2) is 18.6 Å². The van der Waals surface area contributed by atoms with Crippen molar-refractivity contribution < 1.29 is 9.53 Å². The number of carbonyl (C=O) groups is 1. The molecule has 1 fully saturated rings. The molecule has 1 atom stereocenters. The molecule has 17 heavy (non-hydrogen) atoms. The van der Waals surface area contributed by atoms with Gasteiger partial charge in [0.25, 0.3) is 0 Å². The average Bonchev–Trinajstić information content (AvgIpc) is 2.90. The van der Waals surface area contributed by atoms with E-state index in [-0.39, 0.29) is 12.0 Å². The molecule has 0 bridgehead atoms. The number of benzene rings is 1. The van der Waals surface area contributed by atoms with Crippen molar-refractivity contribution in [3.8, 4) is 0 Å². The normalized spacial score (nSPS) is 19.2. The van der Waals surface area contributed by atoms with E-state index >= 15 is 0 Å². The molecule has 0 saturated carbocycles.